The number of anilines is 1. The van der Waals surface area contributed by atoms with Gasteiger partial charge in [0.15, 0.2) is 0 Å². The highest BCUT2D eigenvalue weighted by Gasteiger charge is 2.06. The molecule has 0 aliphatic rings. The van der Waals surface area contributed by atoms with Crippen molar-refractivity contribution in [2.45, 2.75) is 6.92 Å². The summed E-state index contributed by atoms with van der Waals surface area (Å²) in [5, 5.41) is 2.48. The summed E-state index contributed by atoms with van der Waals surface area (Å²) in [7, 11) is 0. The molecular formula is C12H13FN2O2. The molecule has 0 unspecified atom stereocenters. The van der Waals surface area contributed by atoms with Crippen LogP contribution in [0, 0.1) is 17.7 Å². The van der Waals surface area contributed by atoms with E-state index in [0.717, 1.165) is 0 Å². The van der Waals surface area contributed by atoms with Crippen molar-refractivity contribution < 1.29 is 13.9 Å². The van der Waals surface area contributed by atoms with Gasteiger partial charge in [-0.25, -0.2) is 9.18 Å². The van der Waals surface area contributed by atoms with E-state index in [4.69, 9.17) is 10.5 Å². The Bertz CT molecular complexity index is 463. The van der Waals surface area contributed by atoms with E-state index in [-0.39, 0.29) is 13.2 Å². The zero-order valence-electron chi connectivity index (χ0n) is 9.42. The molecule has 3 N–H and O–H groups in total. The van der Waals surface area contributed by atoms with Crippen molar-refractivity contribution in [1.29, 1.82) is 0 Å². The summed E-state index contributed by atoms with van der Waals surface area (Å²) in [6.07, 6.45) is -0.602. The third-order valence-electron chi connectivity index (χ3n) is 1.82. The summed E-state index contributed by atoms with van der Waals surface area (Å²) >= 11 is 0. The Morgan fingerprint density at radius 2 is 2.35 bits per heavy atom. The number of nitrogens with one attached hydrogen (secondary N) is 1. The lowest BCUT2D eigenvalue weighted by Gasteiger charge is -2.07. The SMILES string of the molecule is CCOC(=O)Nc1ccc(F)cc1C#CCN. The Labute approximate surface area is 99.0 Å². The Kier molecular flexibility index (Phi) is 4.98. The van der Waals surface area contributed by atoms with E-state index in [2.05, 4.69) is 17.2 Å². The van der Waals surface area contributed by atoms with Crippen LogP contribution < -0.4 is 11.1 Å². The van der Waals surface area contributed by atoms with Gasteiger partial charge in [-0.15, -0.1) is 0 Å². The van der Waals surface area contributed by atoms with Crippen LogP contribution in [0.15, 0.2) is 18.2 Å². The topological polar surface area (TPSA) is 64.3 Å². The molecule has 1 aromatic rings. The van der Waals surface area contributed by atoms with Crippen LogP contribution in [0.5, 0.6) is 0 Å². The average molecular weight is 236 g/mol. The van der Waals surface area contributed by atoms with Gasteiger partial charge in [-0.3, -0.25) is 5.32 Å². The van der Waals surface area contributed by atoms with Gasteiger partial charge in [-0.2, -0.15) is 0 Å². The predicted octanol–water partition coefficient (Wildman–Crippen LogP) is 1.70. The van der Waals surface area contributed by atoms with Crippen molar-refractivity contribution in [2.24, 2.45) is 5.73 Å². The molecule has 0 radical (unpaired) electrons. The molecule has 0 heterocycles. The van der Waals surface area contributed by atoms with E-state index in [1.54, 1.807) is 6.92 Å². The van der Waals surface area contributed by atoms with E-state index < -0.39 is 11.9 Å². The molecule has 0 saturated heterocycles. The quantitative estimate of drug-likeness (QED) is 0.768. The minimum absolute atomic E-state index is 0.162. The number of amides is 1. The molecule has 1 amide bonds. The zero-order chi connectivity index (χ0) is 12.7. The molecule has 1 aromatic carbocycles. The third kappa shape index (κ3) is 4.13. The molecule has 5 heteroatoms. The number of hydrogen-bond acceptors (Lipinski definition) is 3. The molecule has 0 aromatic heterocycles. The van der Waals surface area contributed by atoms with Gasteiger partial charge in [-0.05, 0) is 25.1 Å². The minimum Gasteiger partial charge on any atom is -0.450 e. The van der Waals surface area contributed by atoms with Crippen LogP contribution in [0.1, 0.15) is 12.5 Å². The van der Waals surface area contributed by atoms with E-state index >= 15 is 0 Å². The second kappa shape index (κ2) is 6.51. The highest BCUT2D eigenvalue weighted by molar-refractivity contribution is 5.86. The van der Waals surface area contributed by atoms with Gasteiger partial charge in [0, 0.05) is 0 Å². The summed E-state index contributed by atoms with van der Waals surface area (Å²) in [5.41, 5.74) is 5.99. The normalized spacial score (nSPS) is 9.12. The summed E-state index contributed by atoms with van der Waals surface area (Å²) in [6.45, 7) is 2.12. The molecule has 0 saturated carbocycles. The molecule has 0 fully saturated rings. The van der Waals surface area contributed by atoms with Crippen LogP contribution in [0.2, 0.25) is 0 Å². The first kappa shape index (κ1) is 13.0. The molecule has 90 valence electrons. The van der Waals surface area contributed by atoms with Crippen molar-refractivity contribution in [3.05, 3.63) is 29.6 Å². The zero-order valence-corrected chi connectivity index (χ0v) is 9.42. The predicted molar refractivity (Wildman–Crippen MR) is 63.0 cm³/mol. The maximum atomic E-state index is 13.0. The number of rotatable bonds is 2. The highest BCUT2D eigenvalue weighted by Crippen LogP contribution is 2.16. The van der Waals surface area contributed by atoms with Crippen molar-refractivity contribution in [2.75, 3.05) is 18.5 Å². The number of halogens is 1. The fraction of sp³-hybridized carbons (Fsp3) is 0.250. The molecule has 17 heavy (non-hydrogen) atoms. The number of hydrogen-bond donors (Lipinski definition) is 2. The largest absolute Gasteiger partial charge is 0.450 e. The van der Waals surface area contributed by atoms with Crippen molar-refractivity contribution in [3.63, 3.8) is 0 Å². The average Bonchev–Trinajstić information content (AvgIpc) is 2.30. The molecule has 0 aliphatic carbocycles. The van der Waals surface area contributed by atoms with Crippen LogP contribution in [-0.4, -0.2) is 19.2 Å². The van der Waals surface area contributed by atoms with Crippen LogP contribution in [0.3, 0.4) is 0 Å². The van der Waals surface area contributed by atoms with Gasteiger partial charge >= 0.3 is 6.09 Å². The maximum absolute atomic E-state index is 13.0. The molecule has 0 aliphatic heterocycles. The van der Waals surface area contributed by atoms with Gasteiger partial charge < -0.3 is 10.5 Å². The summed E-state index contributed by atoms with van der Waals surface area (Å²) in [5.74, 6) is 4.84. The fourth-order valence-corrected chi connectivity index (χ4v) is 1.15. The second-order valence-electron chi connectivity index (χ2n) is 3.04. The first-order chi connectivity index (χ1) is 8.17. The summed E-state index contributed by atoms with van der Waals surface area (Å²) in [4.78, 5) is 11.2. The monoisotopic (exact) mass is 236 g/mol. The smallest absolute Gasteiger partial charge is 0.411 e. The van der Waals surface area contributed by atoms with Gasteiger partial charge in [-0.1, -0.05) is 11.8 Å². The van der Waals surface area contributed by atoms with Gasteiger partial charge in [0.2, 0.25) is 0 Å². The standard InChI is InChI=1S/C12H13FN2O2/c1-2-17-12(16)15-11-6-5-10(13)8-9(11)4-3-7-14/h5-6,8H,2,7,14H2,1H3,(H,15,16). The maximum Gasteiger partial charge on any atom is 0.411 e. The van der Waals surface area contributed by atoms with E-state index in [1.165, 1.54) is 18.2 Å². The Hall–Kier alpha value is -2.06. The number of carbonyl (C=O) groups excluding carboxylic acids is 1. The number of ether oxygens (including phenoxy) is 1. The molecule has 4 nitrogen and oxygen atoms in total. The molecular weight excluding hydrogens is 223 g/mol. The minimum atomic E-state index is -0.602. The van der Waals surface area contributed by atoms with Gasteiger partial charge in [0.05, 0.1) is 24.4 Å². The summed E-state index contributed by atoms with van der Waals surface area (Å²) in [6, 6.07) is 3.88. The molecule has 0 spiro atoms. The number of benzene rings is 1. The first-order valence-corrected chi connectivity index (χ1v) is 5.09. The van der Waals surface area contributed by atoms with Crippen LogP contribution >= 0.6 is 0 Å². The number of nitrogens with two attached hydrogens (primary N) is 1. The lowest BCUT2D eigenvalue weighted by Crippen LogP contribution is -2.14. The van der Waals surface area contributed by atoms with Crippen molar-refractivity contribution in [3.8, 4) is 11.8 Å². The van der Waals surface area contributed by atoms with E-state index in [1.807, 2.05) is 0 Å². The highest BCUT2D eigenvalue weighted by atomic mass is 19.1. The van der Waals surface area contributed by atoms with Crippen LogP contribution in [0.4, 0.5) is 14.9 Å². The lowest BCUT2D eigenvalue weighted by molar-refractivity contribution is 0.168. The Morgan fingerprint density at radius 3 is 3.00 bits per heavy atom. The number of carbonyl (C=O) groups is 1. The van der Waals surface area contributed by atoms with Gasteiger partial charge in [0.1, 0.15) is 5.82 Å². The van der Waals surface area contributed by atoms with E-state index in [9.17, 15) is 9.18 Å². The Morgan fingerprint density at radius 1 is 1.59 bits per heavy atom. The first-order valence-electron chi connectivity index (χ1n) is 5.09. The fourth-order valence-electron chi connectivity index (χ4n) is 1.15. The molecule has 1 rings (SSSR count). The molecule has 0 atom stereocenters. The Balaban J connectivity index is 2.94. The second-order valence-corrected chi connectivity index (χ2v) is 3.04. The van der Waals surface area contributed by atoms with Crippen molar-refractivity contribution in [1.82, 2.24) is 0 Å². The molecule has 0 bridgehead atoms. The van der Waals surface area contributed by atoms with E-state index in [0.29, 0.717) is 11.3 Å². The third-order valence-corrected chi connectivity index (χ3v) is 1.82. The van der Waals surface area contributed by atoms with Crippen LogP contribution in [-0.2, 0) is 4.74 Å². The summed E-state index contributed by atoms with van der Waals surface area (Å²) < 4.78 is 17.7. The van der Waals surface area contributed by atoms with Crippen molar-refractivity contribution >= 4 is 11.8 Å². The lowest BCUT2D eigenvalue weighted by atomic mass is 10.2. The van der Waals surface area contributed by atoms with Gasteiger partial charge in [0.25, 0.3) is 0 Å². The van der Waals surface area contributed by atoms with Crippen LogP contribution in [0.25, 0.3) is 0 Å².